The molecule has 6 nitrogen and oxygen atoms in total. The quantitative estimate of drug-likeness (QED) is 0.394. The second-order valence-corrected chi connectivity index (χ2v) is 6.91. The van der Waals surface area contributed by atoms with Gasteiger partial charge in [0.25, 0.3) is 11.1 Å². The van der Waals surface area contributed by atoms with E-state index in [9.17, 15) is 14.4 Å². The van der Waals surface area contributed by atoms with E-state index in [-0.39, 0.29) is 28.8 Å². The van der Waals surface area contributed by atoms with Gasteiger partial charge >= 0.3 is 5.97 Å². The Bertz CT molecular complexity index is 794. The number of imide groups is 1. The maximum absolute atomic E-state index is 12.2. The number of rotatable bonds is 5. The number of methoxy groups -OCH3 is 1. The number of esters is 1. The van der Waals surface area contributed by atoms with Gasteiger partial charge in [0.05, 0.1) is 28.1 Å². The van der Waals surface area contributed by atoms with E-state index in [1.165, 1.54) is 13.2 Å². The Balaban J connectivity index is 2.24. The summed E-state index contributed by atoms with van der Waals surface area (Å²) in [5.74, 6) is 1.54. The predicted molar refractivity (Wildman–Crippen MR) is 98.2 cm³/mol. The SMILES string of the molecule is C#CCN1C(=O)S/C(=C/c2cc(Cl)c(OCC(=O)OC)c(Br)c2)C1=O. The fourth-order valence-electron chi connectivity index (χ4n) is 1.87. The fraction of sp³-hybridized carbons (Fsp3) is 0.188. The molecular formula is C16H11BrClNO5S. The molecule has 9 heteroatoms. The van der Waals surface area contributed by atoms with E-state index >= 15 is 0 Å². The van der Waals surface area contributed by atoms with Crippen molar-refractivity contribution in [2.75, 3.05) is 20.3 Å². The van der Waals surface area contributed by atoms with Crippen LogP contribution in [0.2, 0.25) is 5.02 Å². The smallest absolute Gasteiger partial charge is 0.343 e. The van der Waals surface area contributed by atoms with Gasteiger partial charge in [-0.05, 0) is 51.5 Å². The van der Waals surface area contributed by atoms with Crippen molar-refractivity contribution in [2.45, 2.75) is 0 Å². The maximum atomic E-state index is 12.2. The molecule has 0 N–H and O–H groups in total. The molecule has 1 saturated heterocycles. The Morgan fingerprint density at radius 2 is 2.20 bits per heavy atom. The largest absolute Gasteiger partial charge is 0.479 e. The highest BCUT2D eigenvalue weighted by atomic mass is 79.9. The van der Waals surface area contributed by atoms with E-state index < -0.39 is 17.1 Å². The summed E-state index contributed by atoms with van der Waals surface area (Å²) in [4.78, 5) is 36.3. The third-order valence-electron chi connectivity index (χ3n) is 3.00. The van der Waals surface area contributed by atoms with E-state index in [2.05, 4.69) is 26.6 Å². The van der Waals surface area contributed by atoms with Crippen LogP contribution in [0.1, 0.15) is 5.56 Å². The van der Waals surface area contributed by atoms with Crippen LogP contribution in [0.25, 0.3) is 6.08 Å². The zero-order chi connectivity index (χ0) is 18.6. The number of hydrogen-bond acceptors (Lipinski definition) is 6. The summed E-state index contributed by atoms with van der Waals surface area (Å²) in [5.41, 5.74) is 0.577. The minimum absolute atomic E-state index is 0.0766. The number of benzene rings is 1. The average Bonchev–Trinajstić information content (AvgIpc) is 2.81. The standard InChI is InChI=1S/C16H11BrClNO5S/c1-3-4-19-15(21)12(25-16(19)22)7-9-5-10(17)14(11(18)6-9)24-8-13(20)23-2/h1,5-7H,4,8H2,2H3/b12-7+. The summed E-state index contributed by atoms with van der Waals surface area (Å²) in [5, 5.41) is -0.190. The van der Waals surface area contributed by atoms with Gasteiger partial charge in [0, 0.05) is 0 Å². The Hall–Kier alpha value is -1.95. The molecule has 1 aromatic carbocycles. The first kappa shape index (κ1) is 19.4. The summed E-state index contributed by atoms with van der Waals surface area (Å²) in [6.45, 7) is -0.369. The molecule has 0 spiro atoms. The van der Waals surface area contributed by atoms with E-state index in [1.54, 1.807) is 12.1 Å². The van der Waals surface area contributed by atoms with Gasteiger partial charge in [0.1, 0.15) is 0 Å². The topological polar surface area (TPSA) is 72.9 Å². The molecule has 2 amide bonds. The zero-order valence-corrected chi connectivity index (χ0v) is 16.0. The van der Waals surface area contributed by atoms with Gasteiger partial charge in [0.15, 0.2) is 12.4 Å². The minimum atomic E-state index is -0.547. The first-order valence-electron chi connectivity index (χ1n) is 6.75. The van der Waals surface area contributed by atoms with Crippen LogP contribution in [0.3, 0.4) is 0 Å². The van der Waals surface area contributed by atoms with Crippen LogP contribution in [0.5, 0.6) is 5.75 Å². The number of thioether (sulfide) groups is 1. The summed E-state index contributed by atoms with van der Waals surface area (Å²) in [7, 11) is 1.25. The highest BCUT2D eigenvalue weighted by Crippen LogP contribution is 2.37. The Kier molecular flexibility index (Phi) is 6.53. The number of amides is 2. The third kappa shape index (κ3) is 4.57. The van der Waals surface area contributed by atoms with Crippen LogP contribution in [-0.2, 0) is 14.3 Å². The van der Waals surface area contributed by atoms with E-state index in [0.29, 0.717) is 10.0 Å². The summed E-state index contributed by atoms with van der Waals surface area (Å²) >= 11 is 10.3. The molecule has 1 aliphatic heterocycles. The van der Waals surface area contributed by atoms with Crippen molar-refractivity contribution in [3.63, 3.8) is 0 Å². The molecule has 0 atom stereocenters. The van der Waals surface area contributed by atoms with Gasteiger partial charge in [-0.15, -0.1) is 6.42 Å². The molecule has 0 radical (unpaired) electrons. The Morgan fingerprint density at radius 3 is 2.80 bits per heavy atom. The second-order valence-electron chi connectivity index (χ2n) is 4.65. The number of carbonyl (C=O) groups excluding carboxylic acids is 3. The van der Waals surface area contributed by atoms with Crippen molar-refractivity contribution >= 4 is 62.5 Å². The van der Waals surface area contributed by atoms with Gasteiger partial charge in [-0.1, -0.05) is 17.5 Å². The van der Waals surface area contributed by atoms with Crippen LogP contribution >= 0.6 is 39.3 Å². The van der Waals surface area contributed by atoms with E-state index in [4.69, 9.17) is 22.8 Å². The molecule has 1 heterocycles. The molecule has 1 fully saturated rings. The zero-order valence-electron chi connectivity index (χ0n) is 12.9. The summed E-state index contributed by atoms with van der Waals surface area (Å²) < 4.78 is 10.3. The van der Waals surface area contributed by atoms with Crippen LogP contribution in [-0.4, -0.2) is 42.3 Å². The highest BCUT2D eigenvalue weighted by Gasteiger charge is 2.34. The van der Waals surface area contributed by atoms with Crippen LogP contribution in [0.4, 0.5) is 4.79 Å². The number of terminal acetylenes is 1. The lowest BCUT2D eigenvalue weighted by molar-refractivity contribution is -0.142. The van der Waals surface area contributed by atoms with Crippen molar-refractivity contribution in [3.05, 3.63) is 32.1 Å². The molecule has 2 rings (SSSR count). The summed E-state index contributed by atoms with van der Waals surface area (Å²) in [6, 6.07) is 3.20. The van der Waals surface area contributed by atoms with Gasteiger partial charge in [0.2, 0.25) is 0 Å². The van der Waals surface area contributed by atoms with Crippen molar-refractivity contribution in [2.24, 2.45) is 0 Å². The molecule has 0 saturated carbocycles. The number of ether oxygens (including phenoxy) is 2. The number of nitrogens with zero attached hydrogens (tertiary/aromatic N) is 1. The lowest BCUT2D eigenvalue weighted by atomic mass is 10.2. The molecule has 1 aromatic rings. The highest BCUT2D eigenvalue weighted by molar-refractivity contribution is 9.10. The summed E-state index contributed by atoms with van der Waals surface area (Å²) in [6.07, 6.45) is 6.68. The molecule has 130 valence electrons. The fourth-order valence-corrected chi connectivity index (χ4v) is 3.70. The van der Waals surface area contributed by atoms with E-state index in [0.717, 1.165) is 16.7 Å². The second kappa shape index (κ2) is 8.43. The number of carbonyl (C=O) groups is 3. The molecular weight excluding hydrogens is 434 g/mol. The van der Waals surface area contributed by atoms with Gasteiger partial charge in [-0.3, -0.25) is 14.5 Å². The van der Waals surface area contributed by atoms with Gasteiger partial charge in [-0.25, -0.2) is 4.79 Å². The lowest BCUT2D eigenvalue weighted by Gasteiger charge is -2.10. The minimum Gasteiger partial charge on any atom is -0.479 e. The molecule has 0 unspecified atom stereocenters. The molecule has 25 heavy (non-hydrogen) atoms. The van der Waals surface area contributed by atoms with Crippen molar-refractivity contribution in [1.29, 1.82) is 0 Å². The molecule has 0 aromatic heterocycles. The monoisotopic (exact) mass is 443 g/mol. The first-order chi connectivity index (χ1) is 11.9. The number of halogens is 2. The maximum Gasteiger partial charge on any atom is 0.343 e. The van der Waals surface area contributed by atoms with E-state index in [1.807, 2.05) is 0 Å². The van der Waals surface area contributed by atoms with Crippen molar-refractivity contribution < 1.29 is 23.9 Å². The first-order valence-corrected chi connectivity index (χ1v) is 8.73. The van der Waals surface area contributed by atoms with Crippen molar-refractivity contribution in [3.8, 4) is 18.1 Å². The Labute approximate surface area is 161 Å². The average molecular weight is 445 g/mol. The molecule has 0 bridgehead atoms. The third-order valence-corrected chi connectivity index (χ3v) is 4.78. The van der Waals surface area contributed by atoms with Crippen LogP contribution in [0, 0.1) is 12.3 Å². The predicted octanol–water partition coefficient (Wildman–Crippen LogP) is 3.32. The Morgan fingerprint density at radius 1 is 1.48 bits per heavy atom. The molecule has 1 aliphatic rings. The normalized spacial score (nSPS) is 15.4. The van der Waals surface area contributed by atoms with Crippen molar-refractivity contribution in [1.82, 2.24) is 4.90 Å². The number of hydrogen-bond donors (Lipinski definition) is 0. The van der Waals surface area contributed by atoms with Gasteiger partial charge < -0.3 is 9.47 Å². The van der Waals surface area contributed by atoms with Crippen LogP contribution < -0.4 is 4.74 Å². The molecule has 0 aliphatic carbocycles. The lowest BCUT2D eigenvalue weighted by Crippen LogP contribution is -2.28. The van der Waals surface area contributed by atoms with Crippen LogP contribution in [0.15, 0.2) is 21.5 Å². The van der Waals surface area contributed by atoms with Gasteiger partial charge in [-0.2, -0.15) is 0 Å².